The Morgan fingerprint density at radius 3 is 2.77 bits per heavy atom. The van der Waals surface area contributed by atoms with Gasteiger partial charge in [0.15, 0.2) is 0 Å². The van der Waals surface area contributed by atoms with Gasteiger partial charge in [-0.1, -0.05) is 39.3 Å². The molecule has 5 nitrogen and oxygen atoms in total. The Morgan fingerprint density at radius 1 is 1.38 bits per heavy atom. The van der Waals surface area contributed by atoms with Crippen molar-refractivity contribution in [3.63, 3.8) is 0 Å². The molecule has 1 aliphatic heterocycles. The van der Waals surface area contributed by atoms with Gasteiger partial charge in [0, 0.05) is 10.2 Å². The molecule has 0 saturated carbocycles. The van der Waals surface area contributed by atoms with Crippen LogP contribution in [0.5, 0.6) is 0 Å². The second-order valence-electron chi connectivity index (χ2n) is 6.77. The van der Waals surface area contributed by atoms with Crippen LogP contribution in [0.2, 0.25) is 0 Å². The normalized spacial score (nSPS) is 19.7. The molecule has 7 heteroatoms. The van der Waals surface area contributed by atoms with Crippen molar-refractivity contribution in [1.82, 2.24) is 4.90 Å². The lowest BCUT2D eigenvalue weighted by Crippen LogP contribution is -2.48. The number of para-hydroxylation sites is 1. The first kappa shape index (κ1) is 21.1. The first-order chi connectivity index (χ1) is 12.4. The molecule has 1 aliphatic rings. The Balaban J connectivity index is 2.14. The quantitative estimate of drug-likeness (QED) is 0.470. The van der Waals surface area contributed by atoms with Crippen LogP contribution >= 0.6 is 27.7 Å². The molecule has 0 bridgehead atoms. The molecule has 2 rings (SSSR count). The molecule has 144 valence electrons. The van der Waals surface area contributed by atoms with Crippen LogP contribution < -0.4 is 5.32 Å². The highest BCUT2D eigenvalue weighted by molar-refractivity contribution is 9.10. The lowest BCUT2D eigenvalue weighted by molar-refractivity contribution is -0.148. The lowest BCUT2D eigenvalue weighted by Gasteiger charge is -2.29. The summed E-state index contributed by atoms with van der Waals surface area (Å²) in [4.78, 5) is 27.2. The number of unbranched alkanes of at least 4 members (excludes halogenated alkanes) is 1. The number of amides is 2. The van der Waals surface area contributed by atoms with E-state index in [0.717, 1.165) is 23.7 Å². The number of rotatable bonds is 7. The van der Waals surface area contributed by atoms with Crippen molar-refractivity contribution < 1.29 is 14.3 Å². The summed E-state index contributed by atoms with van der Waals surface area (Å²) in [7, 11) is 0. The third-order valence-corrected chi connectivity index (χ3v) is 6.13. The highest BCUT2D eigenvalue weighted by atomic mass is 79.9. The Morgan fingerprint density at radius 2 is 2.12 bits per heavy atom. The van der Waals surface area contributed by atoms with E-state index in [1.165, 1.54) is 0 Å². The molecule has 0 spiro atoms. The minimum absolute atomic E-state index is 0.0267. The van der Waals surface area contributed by atoms with Gasteiger partial charge in [0.25, 0.3) is 0 Å². The zero-order valence-corrected chi connectivity index (χ0v) is 17.9. The number of anilines is 1. The van der Waals surface area contributed by atoms with Crippen LogP contribution in [0, 0.1) is 5.92 Å². The first-order valence-electron chi connectivity index (χ1n) is 9.06. The zero-order chi connectivity index (χ0) is 19.1. The van der Waals surface area contributed by atoms with Gasteiger partial charge in [0.05, 0.1) is 17.7 Å². The van der Waals surface area contributed by atoms with Gasteiger partial charge >= 0.3 is 12.0 Å². The van der Waals surface area contributed by atoms with Gasteiger partial charge in [0.2, 0.25) is 0 Å². The summed E-state index contributed by atoms with van der Waals surface area (Å²) in [5, 5.41) is 2.90. The molecule has 1 N–H and O–H groups in total. The summed E-state index contributed by atoms with van der Waals surface area (Å²) in [6.07, 6.45) is 2.64. The highest BCUT2D eigenvalue weighted by Gasteiger charge is 2.42. The summed E-state index contributed by atoms with van der Waals surface area (Å²) in [6, 6.07) is 6.66. The van der Waals surface area contributed by atoms with Gasteiger partial charge in [-0.25, -0.2) is 9.59 Å². The average molecular weight is 443 g/mol. The molecular formula is C19H27BrN2O3S. The van der Waals surface area contributed by atoms with Gasteiger partial charge in [-0.15, -0.1) is 11.8 Å². The van der Waals surface area contributed by atoms with Gasteiger partial charge in [-0.3, -0.25) is 4.90 Å². The van der Waals surface area contributed by atoms with Crippen molar-refractivity contribution in [2.75, 3.05) is 17.7 Å². The summed E-state index contributed by atoms with van der Waals surface area (Å²) < 4.78 is 6.20. The molecule has 2 unspecified atom stereocenters. The monoisotopic (exact) mass is 442 g/mol. The van der Waals surface area contributed by atoms with Crippen LogP contribution in [-0.4, -0.2) is 40.7 Å². The molecule has 1 saturated heterocycles. The Kier molecular flexibility index (Phi) is 8.28. The summed E-state index contributed by atoms with van der Waals surface area (Å²) in [5.74, 6) is 0.701. The number of carbonyl (C=O) groups excluding carboxylic acids is 2. The van der Waals surface area contributed by atoms with Crippen LogP contribution in [0.15, 0.2) is 28.7 Å². The zero-order valence-electron chi connectivity index (χ0n) is 15.5. The van der Waals surface area contributed by atoms with Crippen LogP contribution in [0.1, 0.15) is 40.0 Å². The minimum atomic E-state index is -0.539. The Hall–Kier alpha value is -1.21. The SMILES string of the molecule is CCCCOC(=O)C1CSC(CC(C)C)N1C(=O)Nc1ccccc1Br. The van der Waals surface area contributed by atoms with Crippen molar-refractivity contribution in [2.45, 2.75) is 51.4 Å². The standard InChI is InChI=1S/C19H27BrN2O3S/c1-4-5-10-25-18(23)16-12-26-17(11-13(2)3)22(16)19(24)21-15-9-7-6-8-14(15)20/h6-9,13,16-17H,4-5,10-12H2,1-3H3,(H,21,24). The molecule has 0 radical (unpaired) electrons. The number of esters is 1. The number of benzene rings is 1. The molecule has 1 aromatic carbocycles. The van der Waals surface area contributed by atoms with Crippen LogP contribution in [0.25, 0.3) is 0 Å². The number of nitrogens with one attached hydrogen (secondary N) is 1. The van der Waals surface area contributed by atoms with Crippen LogP contribution in [0.3, 0.4) is 0 Å². The maximum Gasteiger partial charge on any atom is 0.329 e. The van der Waals surface area contributed by atoms with E-state index in [1.807, 2.05) is 24.3 Å². The van der Waals surface area contributed by atoms with Gasteiger partial charge in [-0.2, -0.15) is 0 Å². The van der Waals surface area contributed by atoms with Gasteiger partial charge < -0.3 is 10.1 Å². The molecule has 0 aromatic heterocycles. The van der Waals surface area contributed by atoms with E-state index < -0.39 is 6.04 Å². The average Bonchev–Trinajstić information content (AvgIpc) is 3.00. The topological polar surface area (TPSA) is 58.6 Å². The number of nitrogens with zero attached hydrogens (tertiary/aromatic N) is 1. The molecular weight excluding hydrogens is 416 g/mol. The van der Waals surface area contributed by atoms with E-state index in [4.69, 9.17) is 4.74 Å². The molecule has 1 fully saturated rings. The maximum atomic E-state index is 13.0. The first-order valence-corrected chi connectivity index (χ1v) is 10.9. The van der Waals surface area contributed by atoms with E-state index in [2.05, 4.69) is 42.0 Å². The fraction of sp³-hybridized carbons (Fsp3) is 0.579. The second kappa shape index (κ2) is 10.2. The number of carbonyl (C=O) groups is 2. The Labute approximate surface area is 168 Å². The van der Waals surface area contributed by atoms with E-state index >= 15 is 0 Å². The molecule has 0 aliphatic carbocycles. The predicted molar refractivity (Wildman–Crippen MR) is 110 cm³/mol. The van der Waals surface area contributed by atoms with Crippen molar-refractivity contribution in [3.8, 4) is 0 Å². The number of hydrogen-bond acceptors (Lipinski definition) is 4. The summed E-state index contributed by atoms with van der Waals surface area (Å²) in [6.45, 7) is 6.70. The maximum absolute atomic E-state index is 13.0. The van der Waals surface area contributed by atoms with E-state index in [0.29, 0.717) is 24.0 Å². The summed E-state index contributed by atoms with van der Waals surface area (Å²) >= 11 is 5.09. The van der Waals surface area contributed by atoms with Crippen molar-refractivity contribution >= 4 is 45.4 Å². The number of urea groups is 1. The van der Waals surface area contributed by atoms with E-state index in [9.17, 15) is 9.59 Å². The van der Waals surface area contributed by atoms with E-state index in [-0.39, 0.29) is 17.4 Å². The van der Waals surface area contributed by atoms with Crippen LogP contribution in [-0.2, 0) is 9.53 Å². The number of thioether (sulfide) groups is 1. The third kappa shape index (κ3) is 5.64. The Bertz CT molecular complexity index is 627. The van der Waals surface area contributed by atoms with Crippen LogP contribution in [0.4, 0.5) is 10.5 Å². The fourth-order valence-corrected chi connectivity index (χ4v) is 4.77. The smallest absolute Gasteiger partial charge is 0.329 e. The molecule has 2 atom stereocenters. The number of hydrogen-bond donors (Lipinski definition) is 1. The highest BCUT2D eigenvalue weighted by Crippen LogP contribution is 2.35. The number of ether oxygens (including phenoxy) is 1. The third-order valence-electron chi connectivity index (χ3n) is 4.13. The van der Waals surface area contributed by atoms with Crippen molar-refractivity contribution in [3.05, 3.63) is 28.7 Å². The molecule has 2 amide bonds. The molecule has 1 heterocycles. The van der Waals surface area contributed by atoms with Crippen molar-refractivity contribution in [2.24, 2.45) is 5.92 Å². The largest absolute Gasteiger partial charge is 0.464 e. The van der Waals surface area contributed by atoms with Gasteiger partial charge in [0.1, 0.15) is 6.04 Å². The second-order valence-corrected chi connectivity index (χ2v) is 8.84. The fourth-order valence-electron chi connectivity index (χ4n) is 2.76. The van der Waals surface area contributed by atoms with E-state index in [1.54, 1.807) is 16.7 Å². The van der Waals surface area contributed by atoms with Gasteiger partial charge in [-0.05, 0) is 46.8 Å². The lowest BCUT2D eigenvalue weighted by atomic mass is 10.1. The van der Waals surface area contributed by atoms with Crippen molar-refractivity contribution in [1.29, 1.82) is 0 Å². The molecule has 1 aromatic rings. The number of halogens is 1. The molecule has 26 heavy (non-hydrogen) atoms. The minimum Gasteiger partial charge on any atom is -0.464 e. The predicted octanol–water partition coefficient (Wildman–Crippen LogP) is 5.11. The summed E-state index contributed by atoms with van der Waals surface area (Å²) in [5.41, 5.74) is 0.691.